The van der Waals surface area contributed by atoms with Crippen LogP contribution < -0.4 is 0 Å². The standard InChI is InChI=1S/C14H11NO2/c16-14-10-12(8-9-13(14)15-17)7-6-11-4-2-1-3-5-11/h1-10,16H/b7-6+. The van der Waals surface area contributed by atoms with Crippen molar-refractivity contribution in [3.8, 4) is 5.75 Å². The molecule has 0 atom stereocenters. The van der Waals surface area contributed by atoms with Crippen molar-refractivity contribution in [1.29, 1.82) is 0 Å². The summed E-state index contributed by atoms with van der Waals surface area (Å²) in [5, 5.41) is 12.2. The Hall–Kier alpha value is -2.42. The molecule has 0 aliphatic heterocycles. The van der Waals surface area contributed by atoms with Crippen molar-refractivity contribution in [2.75, 3.05) is 0 Å². The lowest BCUT2D eigenvalue weighted by atomic mass is 10.1. The van der Waals surface area contributed by atoms with E-state index in [2.05, 4.69) is 5.18 Å². The van der Waals surface area contributed by atoms with Crippen LogP contribution in [0.1, 0.15) is 11.1 Å². The molecule has 2 aromatic carbocycles. The minimum Gasteiger partial charge on any atom is -0.506 e. The molecule has 0 spiro atoms. The van der Waals surface area contributed by atoms with Gasteiger partial charge in [-0.1, -0.05) is 48.6 Å². The van der Waals surface area contributed by atoms with Gasteiger partial charge in [0.25, 0.3) is 0 Å². The highest BCUT2D eigenvalue weighted by Crippen LogP contribution is 2.27. The van der Waals surface area contributed by atoms with Crippen molar-refractivity contribution < 1.29 is 5.11 Å². The van der Waals surface area contributed by atoms with Crippen LogP contribution in [-0.4, -0.2) is 5.11 Å². The van der Waals surface area contributed by atoms with E-state index in [1.165, 1.54) is 12.1 Å². The smallest absolute Gasteiger partial charge is 0.149 e. The SMILES string of the molecule is O=Nc1ccc(/C=C/c2ccccc2)cc1O. The van der Waals surface area contributed by atoms with Gasteiger partial charge < -0.3 is 5.11 Å². The molecule has 2 aromatic rings. The quantitative estimate of drug-likeness (QED) is 0.634. The summed E-state index contributed by atoms with van der Waals surface area (Å²) in [5.41, 5.74) is 1.95. The van der Waals surface area contributed by atoms with Gasteiger partial charge >= 0.3 is 0 Å². The summed E-state index contributed by atoms with van der Waals surface area (Å²) in [7, 11) is 0. The minimum absolute atomic E-state index is 0.0573. The van der Waals surface area contributed by atoms with Crippen molar-refractivity contribution in [3.63, 3.8) is 0 Å². The van der Waals surface area contributed by atoms with Crippen LogP contribution in [0.5, 0.6) is 5.75 Å². The molecule has 0 radical (unpaired) electrons. The van der Waals surface area contributed by atoms with Gasteiger partial charge in [-0.25, -0.2) is 0 Å². The monoisotopic (exact) mass is 225 g/mol. The lowest BCUT2D eigenvalue weighted by Gasteiger charge is -1.98. The van der Waals surface area contributed by atoms with E-state index >= 15 is 0 Å². The Morgan fingerprint density at radius 3 is 2.29 bits per heavy atom. The van der Waals surface area contributed by atoms with E-state index in [0.29, 0.717) is 0 Å². The molecule has 3 nitrogen and oxygen atoms in total. The van der Waals surface area contributed by atoms with Gasteiger partial charge in [0.15, 0.2) is 0 Å². The molecule has 2 rings (SSSR count). The second kappa shape index (κ2) is 5.07. The molecule has 0 aromatic heterocycles. The average Bonchev–Trinajstić information content (AvgIpc) is 2.38. The fraction of sp³-hybridized carbons (Fsp3) is 0. The highest BCUT2D eigenvalue weighted by atomic mass is 16.3. The predicted octanol–water partition coefficient (Wildman–Crippen LogP) is 3.96. The van der Waals surface area contributed by atoms with Crippen LogP contribution in [0.15, 0.2) is 53.7 Å². The summed E-state index contributed by atoms with van der Waals surface area (Å²) >= 11 is 0. The third kappa shape index (κ3) is 2.78. The van der Waals surface area contributed by atoms with Gasteiger partial charge in [-0.05, 0) is 28.4 Å². The molecule has 0 saturated carbocycles. The first-order valence-corrected chi connectivity index (χ1v) is 5.19. The number of aromatic hydroxyl groups is 1. The van der Waals surface area contributed by atoms with Crippen molar-refractivity contribution in [1.82, 2.24) is 0 Å². The minimum atomic E-state index is -0.102. The Labute approximate surface area is 99.0 Å². The maximum absolute atomic E-state index is 10.3. The molecular formula is C14H11NO2. The van der Waals surface area contributed by atoms with Gasteiger partial charge in [-0.2, -0.15) is 0 Å². The maximum atomic E-state index is 10.3. The third-order valence-corrected chi connectivity index (χ3v) is 2.37. The summed E-state index contributed by atoms with van der Waals surface area (Å²) in [5.74, 6) is -0.102. The Bertz CT molecular complexity index is 547. The third-order valence-electron chi connectivity index (χ3n) is 2.37. The maximum Gasteiger partial charge on any atom is 0.149 e. The summed E-state index contributed by atoms with van der Waals surface area (Å²) in [4.78, 5) is 10.3. The van der Waals surface area contributed by atoms with Gasteiger partial charge in [-0.3, -0.25) is 0 Å². The molecule has 0 amide bonds. The number of nitrogens with zero attached hydrogens (tertiary/aromatic N) is 1. The van der Waals surface area contributed by atoms with E-state index in [4.69, 9.17) is 0 Å². The molecular weight excluding hydrogens is 214 g/mol. The predicted molar refractivity (Wildman–Crippen MR) is 68.9 cm³/mol. The van der Waals surface area contributed by atoms with Crippen LogP contribution in [0, 0.1) is 4.91 Å². The van der Waals surface area contributed by atoms with Gasteiger partial charge in [0.1, 0.15) is 11.4 Å². The molecule has 0 bridgehead atoms. The second-order valence-electron chi connectivity index (χ2n) is 3.58. The van der Waals surface area contributed by atoms with Gasteiger partial charge in [0.05, 0.1) is 0 Å². The van der Waals surface area contributed by atoms with Gasteiger partial charge in [0, 0.05) is 0 Å². The zero-order valence-corrected chi connectivity index (χ0v) is 9.08. The molecule has 84 valence electrons. The molecule has 0 fully saturated rings. The number of rotatable bonds is 3. The van der Waals surface area contributed by atoms with Gasteiger partial charge in [-0.15, -0.1) is 4.91 Å². The first-order chi connectivity index (χ1) is 8.29. The molecule has 1 N–H and O–H groups in total. The number of benzene rings is 2. The Morgan fingerprint density at radius 2 is 1.65 bits per heavy atom. The van der Waals surface area contributed by atoms with E-state index in [0.717, 1.165) is 11.1 Å². The zero-order valence-electron chi connectivity index (χ0n) is 9.08. The van der Waals surface area contributed by atoms with Crippen LogP contribution in [0.3, 0.4) is 0 Å². The van der Waals surface area contributed by atoms with Crippen LogP contribution in [0.4, 0.5) is 5.69 Å². The number of nitroso groups, excluding NO2 is 1. The molecule has 0 unspecified atom stereocenters. The molecule has 3 heteroatoms. The van der Waals surface area contributed by atoms with Crippen molar-refractivity contribution >= 4 is 17.8 Å². The fourth-order valence-electron chi connectivity index (χ4n) is 1.48. The molecule has 0 heterocycles. The van der Waals surface area contributed by atoms with Gasteiger partial charge in [0.2, 0.25) is 0 Å². The Kier molecular flexibility index (Phi) is 3.31. The zero-order chi connectivity index (χ0) is 12.1. The van der Waals surface area contributed by atoms with Crippen molar-refractivity contribution in [2.45, 2.75) is 0 Å². The molecule has 0 aliphatic rings. The molecule has 0 aliphatic carbocycles. The van der Waals surface area contributed by atoms with E-state index in [9.17, 15) is 10.0 Å². The Morgan fingerprint density at radius 1 is 0.941 bits per heavy atom. The lowest BCUT2D eigenvalue weighted by molar-refractivity contribution is 0.476. The second-order valence-corrected chi connectivity index (χ2v) is 3.58. The number of phenolic OH excluding ortho intramolecular Hbond substituents is 1. The van der Waals surface area contributed by atoms with Crippen LogP contribution in [-0.2, 0) is 0 Å². The summed E-state index contributed by atoms with van der Waals surface area (Å²) < 4.78 is 0. The van der Waals surface area contributed by atoms with E-state index in [-0.39, 0.29) is 11.4 Å². The van der Waals surface area contributed by atoms with Crippen molar-refractivity contribution in [2.24, 2.45) is 5.18 Å². The first-order valence-electron chi connectivity index (χ1n) is 5.19. The number of hydrogen-bond acceptors (Lipinski definition) is 3. The van der Waals surface area contributed by atoms with Crippen LogP contribution >= 0.6 is 0 Å². The topological polar surface area (TPSA) is 49.7 Å². The first kappa shape index (κ1) is 11.1. The summed E-state index contributed by atoms with van der Waals surface area (Å²) in [6.45, 7) is 0. The fourth-order valence-corrected chi connectivity index (χ4v) is 1.48. The molecule has 17 heavy (non-hydrogen) atoms. The van der Waals surface area contributed by atoms with Crippen LogP contribution in [0.2, 0.25) is 0 Å². The largest absolute Gasteiger partial charge is 0.506 e. The normalized spacial score (nSPS) is 10.6. The Balaban J connectivity index is 2.22. The summed E-state index contributed by atoms with van der Waals surface area (Å²) in [6, 6.07) is 14.6. The van der Waals surface area contributed by atoms with Crippen LogP contribution in [0.25, 0.3) is 12.2 Å². The highest BCUT2D eigenvalue weighted by Gasteiger charge is 2.00. The highest BCUT2D eigenvalue weighted by molar-refractivity contribution is 5.71. The lowest BCUT2D eigenvalue weighted by Crippen LogP contribution is -1.74. The summed E-state index contributed by atoms with van der Waals surface area (Å²) in [6.07, 6.45) is 3.80. The number of phenols is 1. The van der Waals surface area contributed by atoms with E-state index in [1.807, 2.05) is 42.5 Å². The van der Waals surface area contributed by atoms with E-state index in [1.54, 1.807) is 6.07 Å². The molecule has 0 saturated heterocycles. The van der Waals surface area contributed by atoms with E-state index < -0.39 is 0 Å². The van der Waals surface area contributed by atoms with Crippen molar-refractivity contribution in [3.05, 3.63) is 64.6 Å². The average molecular weight is 225 g/mol. The number of hydrogen-bond donors (Lipinski definition) is 1.